The van der Waals surface area contributed by atoms with E-state index >= 15 is 0 Å². The molecule has 2 rings (SSSR count). The second kappa shape index (κ2) is 5.79. The van der Waals surface area contributed by atoms with Gasteiger partial charge in [-0.15, -0.1) is 0 Å². The van der Waals surface area contributed by atoms with Gasteiger partial charge in [-0.3, -0.25) is 4.72 Å². The Morgan fingerprint density at radius 2 is 2.05 bits per heavy atom. The molecule has 0 spiro atoms. The summed E-state index contributed by atoms with van der Waals surface area (Å²) in [4.78, 5) is 3.89. The van der Waals surface area contributed by atoms with Crippen LogP contribution in [0.5, 0.6) is 5.75 Å². The lowest BCUT2D eigenvalue weighted by Gasteiger charge is -2.12. The molecule has 21 heavy (non-hydrogen) atoms. The van der Waals surface area contributed by atoms with E-state index in [1.807, 2.05) is 0 Å². The Kier molecular flexibility index (Phi) is 4.24. The van der Waals surface area contributed by atoms with Crippen molar-refractivity contribution in [2.75, 3.05) is 17.6 Å². The number of nitrogens with zero attached hydrogens (tertiary/aromatic N) is 1. The lowest BCUT2D eigenvalue weighted by atomic mass is 10.3. The number of nitrogens with one attached hydrogen (secondary N) is 1. The first-order valence-electron chi connectivity index (χ1n) is 5.92. The van der Waals surface area contributed by atoms with Gasteiger partial charge in [0, 0.05) is 11.8 Å². The van der Waals surface area contributed by atoms with Gasteiger partial charge >= 0.3 is 0 Å². The molecule has 1 aromatic heterocycles. The maximum absolute atomic E-state index is 12.4. The van der Waals surface area contributed by atoms with Gasteiger partial charge in [-0.25, -0.2) is 13.4 Å². The zero-order valence-corrected chi connectivity index (χ0v) is 13.0. The number of methoxy groups -OCH3 is 1. The van der Waals surface area contributed by atoms with Crippen LogP contribution in [-0.2, 0) is 10.0 Å². The van der Waals surface area contributed by atoms with Gasteiger partial charge in [-0.2, -0.15) is 0 Å². The Hall–Kier alpha value is -1.99. The number of rotatable bonds is 4. The van der Waals surface area contributed by atoms with Crippen molar-refractivity contribution in [2.24, 2.45) is 0 Å². The molecule has 1 heterocycles. The highest BCUT2D eigenvalue weighted by Crippen LogP contribution is 2.28. The summed E-state index contributed by atoms with van der Waals surface area (Å²) in [5.74, 6) is 0.168. The summed E-state index contributed by atoms with van der Waals surface area (Å²) < 4.78 is 32.3. The van der Waals surface area contributed by atoms with Crippen LogP contribution in [0.4, 0.5) is 11.4 Å². The molecule has 1 aromatic carbocycles. The van der Waals surface area contributed by atoms with Gasteiger partial charge in [0.25, 0.3) is 10.0 Å². The molecule has 0 aliphatic heterocycles. The van der Waals surface area contributed by atoms with Crippen LogP contribution in [0.3, 0.4) is 0 Å². The topological polar surface area (TPSA) is 94.3 Å². The highest BCUT2D eigenvalue weighted by atomic mass is 35.5. The first-order chi connectivity index (χ1) is 9.83. The Morgan fingerprint density at radius 1 is 1.33 bits per heavy atom. The maximum Gasteiger partial charge on any atom is 0.265 e. The predicted molar refractivity (Wildman–Crippen MR) is 82.2 cm³/mol. The van der Waals surface area contributed by atoms with E-state index in [9.17, 15) is 8.42 Å². The molecule has 0 aliphatic rings. The first-order valence-corrected chi connectivity index (χ1v) is 7.78. The number of nitrogens with two attached hydrogens (primary N) is 1. The average Bonchev–Trinajstić information content (AvgIpc) is 2.42. The Balaban J connectivity index is 2.40. The number of hydrogen-bond acceptors (Lipinski definition) is 5. The number of ether oxygens (including phenoxy) is 1. The summed E-state index contributed by atoms with van der Waals surface area (Å²) in [6.45, 7) is 1.73. The molecule has 0 saturated heterocycles. The van der Waals surface area contributed by atoms with Crippen molar-refractivity contribution in [3.63, 3.8) is 0 Å². The summed E-state index contributed by atoms with van der Waals surface area (Å²) in [7, 11) is -2.44. The molecule has 0 bridgehead atoms. The summed E-state index contributed by atoms with van der Waals surface area (Å²) in [5.41, 5.74) is 7.01. The fourth-order valence-electron chi connectivity index (χ4n) is 1.73. The standard InChI is InChI=1S/C13H14ClN3O3S/c1-8-5-10(7-16-13(8)14)17-21(18,19)12-4-3-9(15)6-11(12)20-2/h3-7,17H,15H2,1-2H3. The largest absolute Gasteiger partial charge is 0.495 e. The van der Waals surface area contributed by atoms with Crippen molar-refractivity contribution < 1.29 is 13.2 Å². The number of aryl methyl sites for hydroxylation is 1. The van der Waals surface area contributed by atoms with E-state index in [0.29, 0.717) is 22.1 Å². The van der Waals surface area contributed by atoms with Crippen molar-refractivity contribution in [2.45, 2.75) is 11.8 Å². The number of benzene rings is 1. The van der Waals surface area contributed by atoms with Crippen LogP contribution in [-0.4, -0.2) is 20.5 Å². The van der Waals surface area contributed by atoms with E-state index in [1.165, 1.54) is 31.5 Å². The molecule has 3 N–H and O–H groups in total. The number of hydrogen-bond donors (Lipinski definition) is 2. The smallest absolute Gasteiger partial charge is 0.265 e. The molecular formula is C13H14ClN3O3S. The van der Waals surface area contributed by atoms with Crippen molar-refractivity contribution in [3.05, 3.63) is 41.2 Å². The van der Waals surface area contributed by atoms with E-state index in [-0.39, 0.29) is 10.6 Å². The Bertz CT molecular complexity index is 778. The van der Waals surface area contributed by atoms with Crippen LogP contribution in [0.15, 0.2) is 35.4 Å². The zero-order valence-electron chi connectivity index (χ0n) is 11.4. The van der Waals surface area contributed by atoms with Crippen LogP contribution in [0.25, 0.3) is 0 Å². The molecule has 0 saturated carbocycles. The van der Waals surface area contributed by atoms with E-state index in [2.05, 4.69) is 9.71 Å². The SMILES string of the molecule is COc1cc(N)ccc1S(=O)(=O)Nc1cnc(Cl)c(C)c1. The summed E-state index contributed by atoms with van der Waals surface area (Å²) in [5, 5.41) is 0.322. The van der Waals surface area contributed by atoms with Crippen molar-refractivity contribution in [3.8, 4) is 5.75 Å². The Labute approximate surface area is 128 Å². The number of pyridine rings is 1. The number of aromatic nitrogens is 1. The molecule has 0 unspecified atom stereocenters. The van der Waals surface area contributed by atoms with Crippen molar-refractivity contribution in [1.82, 2.24) is 4.98 Å². The molecule has 8 heteroatoms. The predicted octanol–water partition coefficient (Wildman–Crippen LogP) is 2.44. The van der Waals surface area contributed by atoms with E-state index in [0.717, 1.165) is 0 Å². The minimum absolute atomic E-state index is 0.00759. The lowest BCUT2D eigenvalue weighted by Crippen LogP contribution is -2.14. The van der Waals surface area contributed by atoms with Crippen LogP contribution >= 0.6 is 11.6 Å². The average molecular weight is 328 g/mol. The molecule has 6 nitrogen and oxygen atoms in total. The van der Waals surface area contributed by atoms with Gasteiger partial charge in [-0.05, 0) is 30.7 Å². The van der Waals surface area contributed by atoms with Gasteiger partial charge in [0.05, 0.1) is 19.0 Å². The highest BCUT2D eigenvalue weighted by molar-refractivity contribution is 7.92. The second-order valence-electron chi connectivity index (χ2n) is 4.35. The van der Waals surface area contributed by atoms with E-state index < -0.39 is 10.0 Å². The molecule has 0 aliphatic carbocycles. The highest BCUT2D eigenvalue weighted by Gasteiger charge is 2.20. The van der Waals surface area contributed by atoms with Crippen molar-refractivity contribution in [1.29, 1.82) is 0 Å². The first kappa shape index (κ1) is 15.4. The minimum atomic E-state index is -3.82. The van der Waals surface area contributed by atoms with E-state index in [1.54, 1.807) is 13.0 Å². The zero-order chi connectivity index (χ0) is 15.6. The van der Waals surface area contributed by atoms with Crippen LogP contribution in [0.1, 0.15) is 5.56 Å². The fourth-order valence-corrected chi connectivity index (χ4v) is 3.02. The second-order valence-corrected chi connectivity index (χ2v) is 6.36. The van der Waals surface area contributed by atoms with Crippen molar-refractivity contribution >= 4 is 33.0 Å². The molecular weight excluding hydrogens is 314 g/mol. The van der Waals surface area contributed by atoms with Gasteiger partial charge in [0.2, 0.25) is 0 Å². The quantitative estimate of drug-likeness (QED) is 0.664. The molecule has 0 atom stereocenters. The maximum atomic E-state index is 12.4. The number of anilines is 2. The molecule has 2 aromatic rings. The third-order valence-corrected chi connectivity index (χ3v) is 4.56. The Morgan fingerprint density at radius 3 is 2.67 bits per heavy atom. The molecule has 112 valence electrons. The van der Waals surface area contributed by atoms with Crippen LogP contribution < -0.4 is 15.2 Å². The van der Waals surface area contributed by atoms with Crippen LogP contribution in [0.2, 0.25) is 5.15 Å². The molecule has 0 radical (unpaired) electrons. The van der Waals surface area contributed by atoms with Crippen LogP contribution in [0, 0.1) is 6.92 Å². The van der Waals surface area contributed by atoms with Gasteiger partial charge in [0.15, 0.2) is 0 Å². The third kappa shape index (κ3) is 3.37. The minimum Gasteiger partial charge on any atom is -0.495 e. The molecule has 0 fully saturated rings. The number of sulfonamides is 1. The monoisotopic (exact) mass is 327 g/mol. The number of nitrogen functional groups attached to an aromatic ring is 1. The molecule has 0 amide bonds. The third-order valence-electron chi connectivity index (χ3n) is 2.74. The van der Waals surface area contributed by atoms with Gasteiger partial charge < -0.3 is 10.5 Å². The lowest BCUT2D eigenvalue weighted by molar-refractivity contribution is 0.403. The fraction of sp³-hybridized carbons (Fsp3) is 0.154. The van der Waals surface area contributed by atoms with Gasteiger partial charge in [0.1, 0.15) is 15.8 Å². The van der Waals surface area contributed by atoms with Gasteiger partial charge in [-0.1, -0.05) is 11.6 Å². The summed E-state index contributed by atoms with van der Waals surface area (Å²) in [6.07, 6.45) is 1.34. The van der Waals surface area contributed by atoms with E-state index in [4.69, 9.17) is 22.1 Å². The summed E-state index contributed by atoms with van der Waals surface area (Å²) >= 11 is 5.81. The summed E-state index contributed by atoms with van der Waals surface area (Å²) in [6, 6.07) is 5.91. The normalized spacial score (nSPS) is 11.2. The number of halogens is 1.